The third-order valence-electron chi connectivity index (χ3n) is 3.05. The van der Waals surface area contributed by atoms with Crippen molar-refractivity contribution in [1.82, 2.24) is 9.91 Å². The van der Waals surface area contributed by atoms with Gasteiger partial charge in [0.15, 0.2) is 5.84 Å². The Morgan fingerprint density at radius 3 is 2.39 bits per heavy atom. The van der Waals surface area contributed by atoms with E-state index in [-0.39, 0.29) is 11.7 Å². The molecule has 0 aromatic rings. The van der Waals surface area contributed by atoms with E-state index in [0.717, 1.165) is 5.03 Å². The molecule has 0 unspecified atom stereocenters. The van der Waals surface area contributed by atoms with Gasteiger partial charge < -0.3 is 10.6 Å². The summed E-state index contributed by atoms with van der Waals surface area (Å²) < 4.78 is 0. The van der Waals surface area contributed by atoms with E-state index in [9.17, 15) is 4.79 Å². The number of likely N-dealkylation sites (N-methyl/N-ethyl adjacent to an activating group) is 1. The second kappa shape index (κ2) is 4.53. The molecule has 0 spiro atoms. The van der Waals surface area contributed by atoms with Gasteiger partial charge in [-0.15, -0.1) is 0 Å². The number of hydrogen-bond donors (Lipinski definition) is 1. The number of nitrogens with two attached hydrogens (primary N) is 1. The highest BCUT2D eigenvalue weighted by atomic mass is 32.2. The van der Waals surface area contributed by atoms with E-state index in [1.54, 1.807) is 24.9 Å². The molecule has 0 fully saturated rings. The summed E-state index contributed by atoms with van der Waals surface area (Å²) >= 11 is 1.68. The molecular formula is C12H16N4OS. The number of hydrazone groups is 1. The van der Waals surface area contributed by atoms with Crippen molar-refractivity contribution in [3.05, 3.63) is 33.4 Å². The first-order valence-electron chi connectivity index (χ1n) is 5.55. The lowest BCUT2D eigenvalue weighted by molar-refractivity contribution is -0.124. The van der Waals surface area contributed by atoms with Crippen molar-refractivity contribution in [1.29, 1.82) is 0 Å². The quantitative estimate of drug-likeness (QED) is 0.728. The standard InChI is InChI=1S/C12H16N4OS/c1-7-8(2)18-10(15(7)3)6-5-9-11(13)14-16(4)12(9)17/h5-6H,1-4H3,(H2,13,14)/b9-5+,10-6+. The molecule has 2 rings (SSSR count). The number of allylic oxidation sites excluding steroid dienone is 4. The van der Waals surface area contributed by atoms with Crippen LogP contribution in [0.5, 0.6) is 0 Å². The monoisotopic (exact) mass is 264 g/mol. The zero-order chi connectivity index (χ0) is 13.4. The van der Waals surface area contributed by atoms with Crippen molar-refractivity contribution in [2.24, 2.45) is 10.8 Å². The number of nitrogens with zero attached hydrogens (tertiary/aromatic N) is 3. The summed E-state index contributed by atoms with van der Waals surface area (Å²) in [6, 6.07) is 0. The third-order valence-corrected chi connectivity index (χ3v) is 4.27. The molecule has 2 aliphatic heterocycles. The van der Waals surface area contributed by atoms with Crippen LogP contribution in [0.25, 0.3) is 0 Å². The molecule has 5 nitrogen and oxygen atoms in total. The first kappa shape index (κ1) is 12.8. The van der Waals surface area contributed by atoms with Gasteiger partial charge in [-0.2, -0.15) is 5.10 Å². The van der Waals surface area contributed by atoms with Crippen LogP contribution < -0.4 is 5.73 Å². The van der Waals surface area contributed by atoms with Crippen molar-refractivity contribution >= 4 is 23.5 Å². The van der Waals surface area contributed by atoms with E-state index in [2.05, 4.69) is 23.8 Å². The van der Waals surface area contributed by atoms with Gasteiger partial charge >= 0.3 is 0 Å². The average molecular weight is 264 g/mol. The molecule has 0 bridgehead atoms. The van der Waals surface area contributed by atoms with Crippen LogP contribution in [0.3, 0.4) is 0 Å². The van der Waals surface area contributed by atoms with Gasteiger partial charge in [-0.25, -0.2) is 5.01 Å². The highest BCUT2D eigenvalue weighted by molar-refractivity contribution is 8.06. The maximum Gasteiger partial charge on any atom is 0.277 e. The molecule has 0 aromatic heterocycles. The predicted octanol–water partition coefficient (Wildman–Crippen LogP) is 1.43. The topological polar surface area (TPSA) is 61.9 Å². The summed E-state index contributed by atoms with van der Waals surface area (Å²) in [7, 11) is 3.60. The fourth-order valence-corrected chi connectivity index (χ4v) is 2.71. The summed E-state index contributed by atoms with van der Waals surface area (Å²) in [4.78, 5) is 15.1. The second-order valence-corrected chi connectivity index (χ2v) is 5.44. The third kappa shape index (κ3) is 2.03. The van der Waals surface area contributed by atoms with E-state index in [0.29, 0.717) is 5.57 Å². The first-order chi connectivity index (χ1) is 8.41. The van der Waals surface area contributed by atoms with Gasteiger partial charge in [-0.1, -0.05) is 11.8 Å². The van der Waals surface area contributed by atoms with Crippen molar-refractivity contribution < 1.29 is 4.79 Å². The Morgan fingerprint density at radius 1 is 1.28 bits per heavy atom. The van der Waals surface area contributed by atoms with E-state index in [4.69, 9.17) is 5.73 Å². The molecule has 2 N–H and O–H groups in total. The predicted molar refractivity (Wildman–Crippen MR) is 74.3 cm³/mol. The average Bonchev–Trinajstić information content (AvgIpc) is 2.70. The van der Waals surface area contributed by atoms with Crippen LogP contribution in [0.4, 0.5) is 0 Å². The van der Waals surface area contributed by atoms with E-state index in [1.807, 2.05) is 13.1 Å². The Hall–Kier alpha value is -1.69. The van der Waals surface area contributed by atoms with Crippen LogP contribution in [0, 0.1) is 0 Å². The van der Waals surface area contributed by atoms with E-state index >= 15 is 0 Å². The Balaban J connectivity index is 2.23. The highest BCUT2D eigenvalue weighted by Gasteiger charge is 2.25. The van der Waals surface area contributed by atoms with Crippen molar-refractivity contribution in [3.8, 4) is 0 Å². The molecule has 0 aromatic carbocycles. The highest BCUT2D eigenvalue weighted by Crippen LogP contribution is 2.39. The van der Waals surface area contributed by atoms with Crippen molar-refractivity contribution in [2.45, 2.75) is 13.8 Å². The molecule has 1 amide bonds. The number of thioether (sulfide) groups is 1. The fourth-order valence-electron chi connectivity index (χ4n) is 1.70. The van der Waals surface area contributed by atoms with Crippen LogP contribution in [-0.4, -0.2) is 35.7 Å². The van der Waals surface area contributed by atoms with Gasteiger partial charge in [-0.05, 0) is 26.0 Å². The summed E-state index contributed by atoms with van der Waals surface area (Å²) in [5.41, 5.74) is 7.36. The lowest BCUT2D eigenvalue weighted by Gasteiger charge is -2.13. The number of carbonyl (C=O) groups excluding carboxylic acids is 1. The molecule has 0 saturated carbocycles. The molecule has 0 radical (unpaired) electrons. The summed E-state index contributed by atoms with van der Waals surface area (Å²) in [5.74, 6) is 0.0998. The first-order valence-corrected chi connectivity index (χ1v) is 6.37. The Morgan fingerprint density at radius 2 is 1.94 bits per heavy atom. The SMILES string of the molecule is CC1=C(C)N(C)/C(=C\C=C2\C(=O)N(C)N=C2N)S1. The lowest BCUT2D eigenvalue weighted by atomic mass is 10.2. The maximum absolute atomic E-state index is 11.7. The molecular weight excluding hydrogens is 248 g/mol. The zero-order valence-corrected chi connectivity index (χ0v) is 11.7. The Bertz CT molecular complexity index is 530. The largest absolute Gasteiger partial charge is 0.382 e. The molecule has 18 heavy (non-hydrogen) atoms. The molecule has 0 saturated heterocycles. The fraction of sp³-hybridized carbons (Fsp3) is 0.333. The van der Waals surface area contributed by atoms with E-state index < -0.39 is 0 Å². The van der Waals surface area contributed by atoms with Crippen LogP contribution in [0.2, 0.25) is 0 Å². The lowest BCUT2D eigenvalue weighted by Crippen LogP contribution is -2.18. The van der Waals surface area contributed by atoms with Gasteiger partial charge in [0.2, 0.25) is 0 Å². The van der Waals surface area contributed by atoms with Crippen LogP contribution in [0.15, 0.2) is 38.5 Å². The van der Waals surface area contributed by atoms with Crippen molar-refractivity contribution in [2.75, 3.05) is 14.1 Å². The van der Waals surface area contributed by atoms with Crippen molar-refractivity contribution in [3.63, 3.8) is 0 Å². The van der Waals surface area contributed by atoms with Crippen LogP contribution >= 0.6 is 11.8 Å². The summed E-state index contributed by atoms with van der Waals surface area (Å²) in [6.45, 7) is 4.15. The number of amidine groups is 1. The van der Waals surface area contributed by atoms with E-state index in [1.165, 1.54) is 15.6 Å². The number of amides is 1. The van der Waals surface area contributed by atoms with Gasteiger partial charge in [0.1, 0.15) is 0 Å². The van der Waals surface area contributed by atoms with Gasteiger partial charge in [-0.3, -0.25) is 4.79 Å². The Kier molecular flexibility index (Phi) is 3.21. The number of carbonyl (C=O) groups is 1. The minimum absolute atomic E-state index is 0.170. The smallest absolute Gasteiger partial charge is 0.277 e. The molecule has 0 aliphatic carbocycles. The second-order valence-electron chi connectivity index (χ2n) is 4.20. The number of hydrogen-bond acceptors (Lipinski definition) is 5. The zero-order valence-electron chi connectivity index (χ0n) is 10.9. The normalized spacial score (nSPS) is 24.9. The van der Waals surface area contributed by atoms with Crippen LogP contribution in [0.1, 0.15) is 13.8 Å². The molecule has 2 aliphatic rings. The van der Waals surface area contributed by atoms with Crippen LogP contribution in [-0.2, 0) is 4.79 Å². The van der Waals surface area contributed by atoms with Gasteiger partial charge in [0, 0.05) is 24.7 Å². The molecule has 96 valence electrons. The summed E-state index contributed by atoms with van der Waals surface area (Å²) in [5, 5.41) is 6.22. The minimum atomic E-state index is -0.170. The molecule has 0 atom stereocenters. The Labute approximate surface area is 111 Å². The van der Waals surface area contributed by atoms with Gasteiger partial charge in [0.25, 0.3) is 5.91 Å². The van der Waals surface area contributed by atoms with Gasteiger partial charge in [0.05, 0.1) is 10.6 Å². The minimum Gasteiger partial charge on any atom is -0.382 e. The summed E-state index contributed by atoms with van der Waals surface area (Å²) in [6.07, 6.45) is 3.63. The number of rotatable bonds is 1. The molecule has 2 heterocycles. The molecule has 6 heteroatoms. The maximum atomic E-state index is 11.7.